The van der Waals surface area contributed by atoms with Crippen LogP contribution in [0.5, 0.6) is 0 Å². The van der Waals surface area contributed by atoms with Gasteiger partial charge in [0, 0.05) is 163 Å². The molecule has 2 fully saturated rings. The number of anilines is 1. The molecule has 148 heavy (non-hydrogen) atoms. The summed E-state index contributed by atoms with van der Waals surface area (Å²) in [5.41, 5.74) is 1.47. The van der Waals surface area contributed by atoms with E-state index in [1.165, 1.54) is 45.1 Å². The first-order chi connectivity index (χ1) is 69.7. The molecule has 2 saturated heterocycles. The predicted octanol–water partition coefficient (Wildman–Crippen LogP) is 12.1. The number of rotatable bonds is 60. The van der Waals surface area contributed by atoms with Gasteiger partial charge < -0.3 is 61.4 Å². The molecule has 37 nitrogen and oxygen atoms in total. The number of aromatic nitrogens is 2. The number of thiazole rings is 2. The van der Waals surface area contributed by atoms with Crippen LogP contribution in [0.15, 0.2) is 83.6 Å². The highest BCUT2D eigenvalue weighted by atomic mass is 32.1. The van der Waals surface area contributed by atoms with Crippen molar-refractivity contribution in [2.24, 2.45) is 53.3 Å². The minimum atomic E-state index is -1.05. The van der Waals surface area contributed by atoms with E-state index in [-0.39, 0.29) is 189 Å². The zero-order valence-corrected chi connectivity index (χ0v) is 91.7. The van der Waals surface area contributed by atoms with Crippen LogP contribution in [0, 0.1) is 53.3 Å². The second kappa shape index (κ2) is 58.3. The first-order valence-corrected chi connectivity index (χ1v) is 53.7. The zero-order chi connectivity index (χ0) is 110. The lowest BCUT2D eigenvalue weighted by atomic mass is 9.80. The Hall–Kier alpha value is -12.0. The fourth-order valence-electron chi connectivity index (χ4n) is 19.1. The van der Waals surface area contributed by atoms with Gasteiger partial charge in [0.05, 0.1) is 29.5 Å². The number of carbonyl (C=O) groups excluding carboxylic acids is 17. The van der Waals surface area contributed by atoms with Crippen LogP contribution in [-0.4, -0.2) is 270 Å². The number of unbranched alkanes of at least 4 members (excludes halogenated alkanes) is 4. The summed E-state index contributed by atoms with van der Waals surface area (Å²) in [6.07, 6.45) is 12.9. The highest BCUT2D eigenvalue weighted by Gasteiger charge is 2.47. The van der Waals surface area contributed by atoms with Gasteiger partial charge in [-0.15, -0.1) is 22.7 Å². The van der Waals surface area contributed by atoms with E-state index in [9.17, 15) is 101 Å². The third-order valence-corrected chi connectivity index (χ3v) is 31.3. The van der Waals surface area contributed by atoms with Crippen LogP contribution in [0.25, 0.3) is 0 Å². The van der Waals surface area contributed by atoms with Gasteiger partial charge in [0.1, 0.15) is 33.5 Å². The Morgan fingerprint density at radius 1 is 0.486 bits per heavy atom. The summed E-state index contributed by atoms with van der Waals surface area (Å²) in [7, 11) is 7.36. The average molecular weight is 2100 g/mol. The second-order valence-electron chi connectivity index (χ2n) is 41.8. The van der Waals surface area contributed by atoms with E-state index < -0.39 is 131 Å². The second-order valence-corrected chi connectivity index (χ2v) is 43.6. The molecular weight excluding hydrogens is 1940 g/mol. The van der Waals surface area contributed by atoms with Gasteiger partial charge in [-0.25, -0.2) is 9.97 Å². The van der Waals surface area contributed by atoms with Gasteiger partial charge in [-0.3, -0.25) is 111 Å². The van der Waals surface area contributed by atoms with Crippen molar-refractivity contribution in [1.82, 2.24) is 66.0 Å². The number of likely N-dealkylation sites (tertiary alicyclic amines) is 2. The Morgan fingerprint density at radius 2 is 0.872 bits per heavy atom. The lowest BCUT2D eigenvalue weighted by Crippen LogP contribution is -2.53. The number of amides is 12. The monoisotopic (exact) mass is 2100 g/mol. The molecule has 8 N–H and O–H groups in total. The number of carboxylic acids is 2. The van der Waals surface area contributed by atoms with Crippen LogP contribution in [0.3, 0.4) is 0 Å². The summed E-state index contributed by atoms with van der Waals surface area (Å²) in [6.45, 7) is 32.6. The molecule has 814 valence electrons. The Bertz CT molecular complexity index is 5330. The lowest BCUT2D eigenvalue weighted by Gasteiger charge is -2.38. The molecule has 0 unspecified atom stereocenters. The smallest absolute Gasteiger partial charge is 0.306 e. The minimum absolute atomic E-state index is 0.0329. The number of imide groups is 2. The van der Waals surface area contributed by atoms with E-state index in [1.807, 2.05) is 83.3 Å². The van der Waals surface area contributed by atoms with Crippen LogP contribution in [0.1, 0.15) is 306 Å². The molecule has 0 aliphatic carbocycles. The van der Waals surface area contributed by atoms with Crippen molar-refractivity contribution >= 4 is 140 Å². The Kier molecular flexibility index (Phi) is 48.4. The number of carboxylic acid groups (broad SMARTS) is 2. The molecule has 0 spiro atoms. The topological polar surface area (TPSA) is 501 Å². The number of hydrogen-bond acceptors (Lipinski definition) is 27. The zero-order valence-electron chi connectivity index (χ0n) is 90.1. The van der Waals surface area contributed by atoms with Crippen LogP contribution in [-0.2, 0) is 110 Å². The Labute approximate surface area is 878 Å². The average Bonchev–Trinajstić information content (AvgIpc) is 1.48. The maximum Gasteiger partial charge on any atom is 0.306 e. The standard InChI is InChI=1S/C57H84N8O12S.C52H74N6O11S/c1-13-35(6)42(30-46(67)57(10)25-17-26-63(57)11)55(74)64(12)44(33(2)3)31-45(77-38(9)66)54-61-43(32-78-54)52(72)60-41(28-36(7)56(75)76)29-39-19-21-40(22-20-39)59-51(71)37(8)58-53(73)50(34(4)5)62-47(68)18-15-14-16-27-65-48(69)23-24-49(65)70;1-10-33(4)40(28-44(61)52(7)22-14-23-56(52)8)50(66)57(9)42(32(2)3)29-43(69-35(6)59)49-55-41(31-70-49)48(65)54-38(25-34(5)51(67)68)26-36-16-18-37(19-17-36)27-39(60)30-53-45(62)15-12-11-13-24-58-46(63)20-21-47(58)64/h19-24,32-37,41-42,44-45,50H,13-18,25-31H2,1-12H3,(H,58,73)(H,59,71)(H,60,72)(H,62,68)(H,75,76);16-21,31-34,38,40,42-43H,10-15,22-30H2,1-9H3,(H,53,62)(H,54,65)(H,67,68)/t35-,36-,37-,41+,42-,44+,45+,50-,57+;33-,34-,38+,40-,42+,43+,52+/m00/s1. The quantitative estimate of drug-likeness (QED) is 0.0116. The van der Waals surface area contributed by atoms with Crippen LogP contribution in [0.4, 0.5) is 5.69 Å². The van der Waals surface area contributed by atoms with Gasteiger partial charge in [-0.2, -0.15) is 0 Å². The van der Waals surface area contributed by atoms with Gasteiger partial charge in [0.25, 0.3) is 35.4 Å². The maximum atomic E-state index is 14.5. The number of likely N-dealkylation sites (N-methyl/N-ethyl adjacent to an activating group) is 2. The summed E-state index contributed by atoms with van der Waals surface area (Å²) in [4.78, 5) is 264. The summed E-state index contributed by atoms with van der Waals surface area (Å²) >= 11 is 2.26. The fraction of sp³-hybridized carbons (Fsp3) is 0.624. The number of Topliss-reactive ketones (excluding diaryl/α,β-unsaturated/α-hetero) is 3. The molecule has 16 atom stereocenters. The number of ether oxygens (including phenoxy) is 2. The van der Waals surface area contributed by atoms with Crippen molar-refractivity contribution in [3.05, 3.63) is 122 Å². The summed E-state index contributed by atoms with van der Waals surface area (Å²) in [6, 6.07) is 9.85. The fourth-order valence-corrected chi connectivity index (χ4v) is 20.8. The molecule has 6 heterocycles. The largest absolute Gasteiger partial charge is 0.481 e. The molecule has 0 radical (unpaired) electrons. The SMILES string of the molecule is CC[C@H](C)[C@H](CC(=O)[C@@]1(C)CCCN1C)C(=O)N(C)[C@H](C[C@@H](OC(C)=O)c1nc(C(=O)N[C@@H](Cc2ccc(CC(=O)CNC(=O)CCCCCN3C(=O)C=CC3=O)cc2)C[C@H](C)C(=O)O)cs1)C(C)C.CC[C@H](C)[C@H](CC(=O)[C@@]1(C)CCCN1C)C(=O)N(C)[C@H](C[C@@H](OC(C)=O)c1nc(C(=O)N[C@@H](Cc2ccc(NC(=O)[C@H](C)NC(=O)[C@@H](NC(=O)CCCCCN3C(=O)C=CC3=O)C(C)C)cc2)C[C@H](C)C(=O)O)cs1)C(C)C. The molecule has 0 bridgehead atoms. The van der Waals surface area contributed by atoms with Gasteiger partial charge in [-0.1, -0.05) is 145 Å². The molecule has 12 amide bonds. The van der Waals surface area contributed by atoms with Crippen molar-refractivity contribution in [3.63, 3.8) is 0 Å². The number of aliphatic carboxylic acids is 2. The number of ketones is 3. The molecule has 4 aliphatic rings. The first kappa shape index (κ1) is 123. The highest BCUT2D eigenvalue weighted by Crippen LogP contribution is 2.39. The van der Waals surface area contributed by atoms with E-state index in [0.29, 0.717) is 84.7 Å². The van der Waals surface area contributed by atoms with Gasteiger partial charge in [0.15, 0.2) is 29.6 Å². The van der Waals surface area contributed by atoms with Gasteiger partial charge in [-0.05, 0) is 183 Å². The van der Waals surface area contributed by atoms with Crippen LogP contribution in [0.2, 0.25) is 0 Å². The van der Waals surface area contributed by atoms with Crippen molar-refractivity contribution in [2.75, 3.05) is 66.2 Å². The van der Waals surface area contributed by atoms with E-state index >= 15 is 0 Å². The molecular formula is C109H158N14O23S2. The Morgan fingerprint density at radius 3 is 1.23 bits per heavy atom. The van der Waals surface area contributed by atoms with E-state index in [4.69, 9.17) is 9.47 Å². The van der Waals surface area contributed by atoms with E-state index in [2.05, 4.69) is 51.7 Å². The number of nitrogens with one attached hydrogen (secondary N) is 6. The Balaban J connectivity index is 0.000000403. The number of esters is 2. The molecule has 8 rings (SSSR count). The van der Waals surface area contributed by atoms with Gasteiger partial charge >= 0.3 is 23.9 Å². The van der Waals surface area contributed by atoms with E-state index in [0.717, 1.165) is 76.8 Å². The highest BCUT2D eigenvalue weighted by molar-refractivity contribution is 7.10. The molecule has 0 saturated carbocycles. The number of benzene rings is 2. The minimum Gasteiger partial charge on any atom is -0.481 e. The van der Waals surface area contributed by atoms with Crippen molar-refractivity contribution in [3.8, 4) is 0 Å². The maximum absolute atomic E-state index is 14.5. The first-order valence-electron chi connectivity index (χ1n) is 52.0. The van der Waals surface area contributed by atoms with E-state index in [1.54, 1.807) is 111 Å². The molecule has 4 aliphatic heterocycles. The van der Waals surface area contributed by atoms with Crippen molar-refractivity contribution < 1.29 is 111 Å². The third kappa shape index (κ3) is 36.5. The molecule has 2 aromatic heterocycles. The number of hydrogen-bond donors (Lipinski definition) is 8. The number of nitrogens with zero attached hydrogens (tertiary/aromatic N) is 8. The summed E-state index contributed by atoms with van der Waals surface area (Å²) in [5, 5.41) is 40.2. The van der Waals surface area contributed by atoms with Crippen LogP contribution < -0.4 is 31.9 Å². The summed E-state index contributed by atoms with van der Waals surface area (Å²) < 4.78 is 11.7. The van der Waals surface area contributed by atoms with Gasteiger partial charge in [0.2, 0.25) is 35.4 Å². The third-order valence-electron chi connectivity index (χ3n) is 29.4. The van der Waals surface area contributed by atoms with Crippen molar-refractivity contribution in [2.45, 2.75) is 325 Å². The number of carbonyl (C=O) groups is 19. The van der Waals surface area contributed by atoms with Crippen LogP contribution >= 0.6 is 22.7 Å². The molecule has 4 aromatic rings. The van der Waals surface area contributed by atoms with Crippen molar-refractivity contribution in [1.29, 1.82) is 0 Å². The molecule has 39 heteroatoms. The summed E-state index contributed by atoms with van der Waals surface area (Å²) in [5.74, 6) is -11.1. The lowest BCUT2D eigenvalue weighted by molar-refractivity contribution is -0.151. The normalized spacial score (nSPS) is 18.6. The molecule has 2 aromatic carbocycles. The predicted molar refractivity (Wildman–Crippen MR) is 560 cm³/mol.